The van der Waals surface area contributed by atoms with Crippen LogP contribution >= 0.6 is 0 Å². The van der Waals surface area contributed by atoms with E-state index in [1.165, 1.54) is 33.7 Å². The van der Waals surface area contributed by atoms with E-state index in [0.717, 1.165) is 0 Å². The topological polar surface area (TPSA) is 16.1 Å². The van der Waals surface area contributed by atoms with Crippen LogP contribution in [0.3, 0.4) is 0 Å². The highest BCUT2D eigenvalue weighted by atomic mass is 15.2. The molecular formula is C22H36N2. The van der Waals surface area contributed by atoms with Crippen molar-refractivity contribution in [3.63, 3.8) is 0 Å². The molecule has 1 aliphatic rings. The number of fused-ring (bicyclic) bond motifs is 1. The molecule has 2 heterocycles. The number of aromatic nitrogens is 1. The molecule has 2 nitrogen and oxygen atoms in total. The fraction of sp³-hybridized carbons (Fsp3) is 0.682. The Hall–Kier alpha value is -1.15. The van der Waals surface area contributed by atoms with E-state index in [0.29, 0.717) is 29.8 Å². The predicted octanol–water partition coefficient (Wildman–Crippen LogP) is 5.89. The van der Waals surface area contributed by atoms with Gasteiger partial charge in [0, 0.05) is 23.3 Å². The molecule has 24 heavy (non-hydrogen) atoms. The molecular weight excluding hydrogens is 292 g/mol. The summed E-state index contributed by atoms with van der Waals surface area (Å²) in [6, 6.07) is 0.927. The zero-order valence-electron chi connectivity index (χ0n) is 17.4. The first-order valence-electron chi connectivity index (χ1n) is 9.52. The van der Waals surface area contributed by atoms with Gasteiger partial charge in [-0.05, 0) is 69.2 Å². The lowest BCUT2D eigenvalue weighted by Gasteiger charge is -2.39. The van der Waals surface area contributed by atoms with Gasteiger partial charge in [0.25, 0.3) is 0 Å². The van der Waals surface area contributed by atoms with Gasteiger partial charge >= 0.3 is 0 Å². The molecule has 1 aromatic heterocycles. The highest BCUT2D eigenvalue weighted by Crippen LogP contribution is 2.42. The summed E-state index contributed by atoms with van der Waals surface area (Å²) >= 11 is 0. The summed E-state index contributed by atoms with van der Waals surface area (Å²) in [5, 5.41) is 0. The lowest BCUT2D eigenvalue weighted by atomic mass is 9.79. The molecule has 0 radical (unpaired) electrons. The standard InChI is InChI=1S/C22H36N2/c1-12(2)19-11-14(5)17(8)24(10)18(9)20-15(6)16(7)23-22(13(3)4)21(19)20/h11-14,17-18H,1-10H3/b19-11-/t14-,17-,18+/m1/s1. The van der Waals surface area contributed by atoms with E-state index >= 15 is 0 Å². The average molecular weight is 329 g/mol. The number of pyridine rings is 1. The molecule has 2 rings (SSSR count). The summed E-state index contributed by atoms with van der Waals surface area (Å²) in [6.07, 6.45) is 2.51. The summed E-state index contributed by atoms with van der Waals surface area (Å²) < 4.78 is 0. The van der Waals surface area contributed by atoms with Crippen LogP contribution in [0.5, 0.6) is 0 Å². The second-order valence-electron chi connectivity index (χ2n) is 8.37. The largest absolute Gasteiger partial charge is 0.296 e. The molecule has 0 amide bonds. The lowest BCUT2D eigenvalue weighted by Crippen LogP contribution is -2.38. The maximum Gasteiger partial charge on any atom is 0.0510 e. The molecule has 0 saturated carbocycles. The minimum atomic E-state index is 0.402. The molecule has 0 spiro atoms. The Morgan fingerprint density at radius 3 is 2.08 bits per heavy atom. The first-order chi connectivity index (χ1) is 11.1. The second kappa shape index (κ2) is 7.00. The molecule has 0 fully saturated rings. The summed E-state index contributed by atoms with van der Waals surface area (Å²) in [7, 11) is 2.27. The molecule has 3 atom stereocenters. The Morgan fingerprint density at radius 1 is 1.00 bits per heavy atom. The molecule has 2 heteroatoms. The SMILES string of the molecule is Cc1nc(C(C)C)c2c(c1C)[C@H](C)N(C)[C@H](C)[C@H](C)/C=C\2C(C)C. The van der Waals surface area contributed by atoms with Gasteiger partial charge in [-0.25, -0.2) is 0 Å². The third kappa shape index (κ3) is 3.18. The molecule has 134 valence electrons. The third-order valence-corrected chi connectivity index (χ3v) is 6.09. The van der Waals surface area contributed by atoms with Gasteiger partial charge in [-0.3, -0.25) is 9.88 Å². The van der Waals surface area contributed by atoms with Crippen LogP contribution < -0.4 is 0 Å². The van der Waals surface area contributed by atoms with E-state index in [1.54, 1.807) is 0 Å². The molecule has 0 unspecified atom stereocenters. The van der Waals surface area contributed by atoms with Gasteiger partial charge in [-0.2, -0.15) is 0 Å². The smallest absolute Gasteiger partial charge is 0.0510 e. The number of hydrogen-bond acceptors (Lipinski definition) is 2. The van der Waals surface area contributed by atoms with Gasteiger partial charge in [0.1, 0.15) is 0 Å². The van der Waals surface area contributed by atoms with Crippen LogP contribution in [0.4, 0.5) is 0 Å². The fourth-order valence-electron chi connectivity index (χ4n) is 4.00. The average Bonchev–Trinajstić information content (AvgIpc) is 2.51. The Balaban J connectivity index is 2.93. The van der Waals surface area contributed by atoms with Crippen molar-refractivity contribution in [2.24, 2.45) is 11.8 Å². The molecule has 0 aliphatic carbocycles. The van der Waals surface area contributed by atoms with E-state index in [-0.39, 0.29) is 0 Å². The van der Waals surface area contributed by atoms with Gasteiger partial charge in [-0.15, -0.1) is 0 Å². The van der Waals surface area contributed by atoms with Crippen molar-refractivity contribution in [2.45, 2.75) is 80.3 Å². The molecule has 1 aromatic rings. The minimum absolute atomic E-state index is 0.402. The summed E-state index contributed by atoms with van der Waals surface area (Å²) in [5.74, 6) is 1.48. The number of allylic oxidation sites excluding steroid dienone is 1. The quantitative estimate of drug-likeness (QED) is 0.672. The van der Waals surface area contributed by atoms with E-state index in [9.17, 15) is 0 Å². The molecule has 1 aliphatic heterocycles. The van der Waals surface area contributed by atoms with Crippen LogP contribution in [0.25, 0.3) is 5.57 Å². The van der Waals surface area contributed by atoms with Crippen molar-refractivity contribution >= 4 is 5.57 Å². The normalized spacial score (nSPS) is 27.7. The fourth-order valence-corrected chi connectivity index (χ4v) is 4.00. The maximum absolute atomic E-state index is 5.03. The number of nitrogens with zero attached hydrogens (tertiary/aromatic N) is 2. The van der Waals surface area contributed by atoms with Gasteiger partial charge in [0.05, 0.1) is 5.69 Å². The summed E-state index contributed by atoms with van der Waals surface area (Å²) in [5.41, 5.74) is 8.23. The van der Waals surface area contributed by atoms with Crippen molar-refractivity contribution in [1.29, 1.82) is 0 Å². The minimum Gasteiger partial charge on any atom is -0.296 e. The molecule has 0 saturated heterocycles. The monoisotopic (exact) mass is 328 g/mol. The third-order valence-electron chi connectivity index (χ3n) is 6.09. The predicted molar refractivity (Wildman–Crippen MR) is 105 cm³/mol. The van der Waals surface area contributed by atoms with Crippen LogP contribution in [0, 0.1) is 25.7 Å². The van der Waals surface area contributed by atoms with E-state index in [1.807, 2.05) is 0 Å². The van der Waals surface area contributed by atoms with Crippen LogP contribution in [0.1, 0.15) is 88.5 Å². The summed E-state index contributed by atoms with van der Waals surface area (Å²) in [6.45, 7) is 20.7. The van der Waals surface area contributed by atoms with Gasteiger partial charge in [0.2, 0.25) is 0 Å². The maximum atomic E-state index is 5.03. The lowest BCUT2D eigenvalue weighted by molar-refractivity contribution is 0.166. The number of hydrogen-bond donors (Lipinski definition) is 0. The van der Waals surface area contributed by atoms with Crippen LogP contribution in [-0.2, 0) is 0 Å². The van der Waals surface area contributed by atoms with Crippen molar-refractivity contribution in [3.8, 4) is 0 Å². The van der Waals surface area contributed by atoms with Crippen molar-refractivity contribution in [2.75, 3.05) is 7.05 Å². The van der Waals surface area contributed by atoms with Crippen molar-refractivity contribution in [3.05, 3.63) is 34.2 Å². The van der Waals surface area contributed by atoms with Gasteiger partial charge in [-0.1, -0.05) is 40.7 Å². The Labute approximate surface area is 149 Å². The van der Waals surface area contributed by atoms with Gasteiger partial charge < -0.3 is 0 Å². The van der Waals surface area contributed by atoms with Crippen LogP contribution in [-0.4, -0.2) is 23.0 Å². The summed E-state index contributed by atoms with van der Waals surface area (Å²) in [4.78, 5) is 7.57. The molecule has 0 aromatic carbocycles. The van der Waals surface area contributed by atoms with E-state index in [2.05, 4.69) is 80.3 Å². The first kappa shape index (κ1) is 19.2. The Morgan fingerprint density at radius 2 is 1.58 bits per heavy atom. The van der Waals surface area contributed by atoms with Crippen molar-refractivity contribution in [1.82, 2.24) is 9.88 Å². The van der Waals surface area contributed by atoms with Gasteiger partial charge in [0.15, 0.2) is 0 Å². The highest BCUT2D eigenvalue weighted by Gasteiger charge is 2.32. The Kier molecular flexibility index (Phi) is 5.59. The highest BCUT2D eigenvalue weighted by molar-refractivity contribution is 5.74. The molecule has 0 N–H and O–H groups in total. The zero-order chi connectivity index (χ0) is 18.3. The van der Waals surface area contributed by atoms with E-state index < -0.39 is 0 Å². The second-order valence-corrected chi connectivity index (χ2v) is 8.37. The zero-order valence-corrected chi connectivity index (χ0v) is 17.4. The van der Waals surface area contributed by atoms with Crippen molar-refractivity contribution < 1.29 is 0 Å². The number of rotatable bonds is 2. The van der Waals surface area contributed by atoms with Crippen LogP contribution in [0.2, 0.25) is 0 Å². The van der Waals surface area contributed by atoms with E-state index in [4.69, 9.17) is 4.98 Å². The first-order valence-corrected chi connectivity index (χ1v) is 9.52. The van der Waals surface area contributed by atoms with Crippen LogP contribution in [0.15, 0.2) is 6.08 Å². The number of aryl methyl sites for hydroxylation is 1. The molecule has 0 bridgehead atoms. The Bertz CT molecular complexity index is 640.